The minimum atomic E-state index is -0.637. The zero-order valence-corrected chi connectivity index (χ0v) is 12.8. The van der Waals surface area contributed by atoms with Gasteiger partial charge in [-0.25, -0.2) is 0 Å². The molecule has 116 valence electrons. The lowest BCUT2D eigenvalue weighted by Crippen LogP contribution is -2.14. The van der Waals surface area contributed by atoms with E-state index in [4.69, 9.17) is 0 Å². The number of hydrogen-bond donors (Lipinski definition) is 1. The molecule has 0 aliphatic carbocycles. The first-order valence-electron chi connectivity index (χ1n) is 7.73. The summed E-state index contributed by atoms with van der Waals surface area (Å²) in [6.45, 7) is 0. The van der Waals surface area contributed by atoms with Crippen LogP contribution in [0, 0.1) is 0 Å². The molecule has 3 rings (SSSR count). The highest BCUT2D eigenvalue weighted by Gasteiger charge is 2.24. The number of aliphatic hydroxyl groups excluding tert-OH is 1. The summed E-state index contributed by atoms with van der Waals surface area (Å²) in [5.41, 5.74) is 2.72. The highest BCUT2D eigenvalue weighted by atomic mass is 16.3. The van der Waals surface area contributed by atoms with Gasteiger partial charge in [-0.1, -0.05) is 18.2 Å². The average Bonchev–Trinajstić information content (AvgIpc) is 2.64. The van der Waals surface area contributed by atoms with Crippen molar-refractivity contribution in [2.75, 3.05) is 0 Å². The van der Waals surface area contributed by atoms with Crippen molar-refractivity contribution in [3.63, 3.8) is 0 Å². The Bertz CT molecular complexity index is 704. The lowest BCUT2D eigenvalue weighted by atomic mass is 9.88. The zero-order chi connectivity index (χ0) is 15.9. The van der Waals surface area contributed by atoms with Gasteiger partial charge in [0.1, 0.15) is 0 Å². The second-order valence-electron chi connectivity index (χ2n) is 5.45. The number of aliphatic hydroxyl groups is 1. The Labute approximate surface area is 135 Å². The maximum atomic E-state index is 10.8. The number of aromatic nitrogens is 3. The molecule has 4 nitrogen and oxygen atoms in total. The molecule has 3 aromatic rings. The lowest BCUT2D eigenvalue weighted by Gasteiger charge is -2.22. The Hall–Kier alpha value is -2.59. The van der Waals surface area contributed by atoms with Crippen molar-refractivity contribution in [3.8, 4) is 0 Å². The molecule has 0 bridgehead atoms. The van der Waals surface area contributed by atoms with Gasteiger partial charge in [0.05, 0.1) is 6.10 Å². The highest BCUT2D eigenvalue weighted by Crippen LogP contribution is 2.33. The van der Waals surface area contributed by atoms with Crippen molar-refractivity contribution in [1.29, 1.82) is 0 Å². The Morgan fingerprint density at radius 3 is 2.35 bits per heavy atom. The number of rotatable bonds is 6. The lowest BCUT2D eigenvalue weighted by molar-refractivity contribution is 0.138. The smallest absolute Gasteiger partial charge is 0.0888 e. The Morgan fingerprint density at radius 2 is 1.70 bits per heavy atom. The van der Waals surface area contributed by atoms with E-state index in [0.717, 1.165) is 29.8 Å². The maximum Gasteiger partial charge on any atom is 0.0888 e. The summed E-state index contributed by atoms with van der Waals surface area (Å²) in [5.74, 6) is -0.0950. The first kappa shape index (κ1) is 15.3. The van der Waals surface area contributed by atoms with Crippen LogP contribution in [0.3, 0.4) is 0 Å². The van der Waals surface area contributed by atoms with Crippen LogP contribution in [-0.2, 0) is 6.42 Å². The van der Waals surface area contributed by atoms with Gasteiger partial charge in [0.15, 0.2) is 0 Å². The molecule has 2 unspecified atom stereocenters. The van der Waals surface area contributed by atoms with Crippen LogP contribution in [0.15, 0.2) is 73.3 Å². The van der Waals surface area contributed by atoms with Gasteiger partial charge in [-0.2, -0.15) is 0 Å². The molecule has 4 heteroatoms. The molecule has 0 aliphatic heterocycles. The fraction of sp³-hybridized carbons (Fsp3) is 0.211. The van der Waals surface area contributed by atoms with E-state index in [-0.39, 0.29) is 5.92 Å². The van der Waals surface area contributed by atoms with Gasteiger partial charge in [-0.3, -0.25) is 15.0 Å². The second-order valence-corrected chi connectivity index (χ2v) is 5.45. The van der Waals surface area contributed by atoms with E-state index in [1.165, 1.54) is 0 Å². The fourth-order valence-electron chi connectivity index (χ4n) is 2.70. The van der Waals surface area contributed by atoms with Crippen LogP contribution in [0.1, 0.15) is 35.4 Å². The van der Waals surface area contributed by atoms with Gasteiger partial charge in [-0.15, -0.1) is 0 Å². The molecule has 0 amide bonds. The Kier molecular flexibility index (Phi) is 5.06. The van der Waals surface area contributed by atoms with Gasteiger partial charge in [-0.05, 0) is 48.7 Å². The number of hydrogen-bond acceptors (Lipinski definition) is 4. The molecule has 0 aliphatic rings. The van der Waals surface area contributed by atoms with Crippen molar-refractivity contribution in [2.24, 2.45) is 0 Å². The third-order valence-electron chi connectivity index (χ3n) is 3.91. The van der Waals surface area contributed by atoms with Crippen LogP contribution >= 0.6 is 0 Å². The van der Waals surface area contributed by atoms with E-state index >= 15 is 0 Å². The summed E-state index contributed by atoms with van der Waals surface area (Å²) in [7, 11) is 0. The first-order valence-corrected chi connectivity index (χ1v) is 7.73. The number of nitrogens with zero attached hydrogens (tertiary/aromatic N) is 3. The predicted molar refractivity (Wildman–Crippen MR) is 88.7 cm³/mol. The van der Waals surface area contributed by atoms with Gasteiger partial charge in [0.25, 0.3) is 0 Å². The van der Waals surface area contributed by atoms with Crippen LogP contribution in [0.25, 0.3) is 0 Å². The third-order valence-corrected chi connectivity index (χ3v) is 3.91. The normalized spacial score (nSPS) is 13.4. The SMILES string of the molecule is OC(c1cccnc1)C(CCc1ccccn1)c1ccccn1. The summed E-state index contributed by atoms with van der Waals surface area (Å²) >= 11 is 0. The topological polar surface area (TPSA) is 58.9 Å². The van der Waals surface area contributed by atoms with Crippen LogP contribution in [0.2, 0.25) is 0 Å². The van der Waals surface area contributed by atoms with Crippen molar-refractivity contribution >= 4 is 0 Å². The third kappa shape index (κ3) is 3.99. The predicted octanol–water partition coefficient (Wildman–Crippen LogP) is 3.32. The number of aryl methyl sites for hydroxylation is 1. The first-order chi connectivity index (χ1) is 11.3. The Balaban J connectivity index is 1.82. The zero-order valence-electron chi connectivity index (χ0n) is 12.8. The van der Waals surface area contributed by atoms with Crippen LogP contribution in [0.5, 0.6) is 0 Å². The van der Waals surface area contributed by atoms with E-state index in [0.29, 0.717) is 0 Å². The summed E-state index contributed by atoms with van der Waals surface area (Å²) < 4.78 is 0. The molecule has 0 spiro atoms. The van der Waals surface area contributed by atoms with Crippen molar-refractivity contribution in [2.45, 2.75) is 24.9 Å². The second kappa shape index (κ2) is 7.61. The van der Waals surface area contributed by atoms with Crippen LogP contribution in [-0.4, -0.2) is 20.1 Å². The fourth-order valence-corrected chi connectivity index (χ4v) is 2.70. The summed E-state index contributed by atoms with van der Waals surface area (Å²) in [6, 6.07) is 15.4. The summed E-state index contributed by atoms with van der Waals surface area (Å²) in [6.07, 6.45) is 7.90. The highest BCUT2D eigenvalue weighted by molar-refractivity contribution is 5.20. The summed E-state index contributed by atoms with van der Waals surface area (Å²) in [5, 5.41) is 10.8. The largest absolute Gasteiger partial charge is 0.388 e. The molecule has 23 heavy (non-hydrogen) atoms. The minimum Gasteiger partial charge on any atom is -0.388 e. The standard InChI is InChI=1S/C19H19N3O/c23-19(15-6-5-11-20-14-15)17(18-8-2-4-13-22-18)10-9-16-7-1-3-12-21-16/h1-8,11-14,17,19,23H,9-10H2. The quantitative estimate of drug-likeness (QED) is 0.759. The summed E-state index contributed by atoms with van der Waals surface area (Å²) in [4.78, 5) is 12.9. The molecule has 3 aromatic heterocycles. The van der Waals surface area contributed by atoms with E-state index in [2.05, 4.69) is 15.0 Å². The van der Waals surface area contributed by atoms with E-state index in [1.54, 1.807) is 24.8 Å². The van der Waals surface area contributed by atoms with Gasteiger partial charge < -0.3 is 5.11 Å². The molecule has 0 radical (unpaired) electrons. The molecule has 0 fully saturated rings. The van der Waals surface area contributed by atoms with Crippen LogP contribution in [0.4, 0.5) is 0 Å². The van der Waals surface area contributed by atoms with E-state index < -0.39 is 6.10 Å². The molecule has 3 heterocycles. The molecule has 0 aromatic carbocycles. The molecule has 0 saturated heterocycles. The number of pyridine rings is 3. The monoisotopic (exact) mass is 305 g/mol. The molecular weight excluding hydrogens is 286 g/mol. The minimum absolute atomic E-state index is 0.0950. The van der Waals surface area contributed by atoms with Gasteiger partial charge >= 0.3 is 0 Å². The maximum absolute atomic E-state index is 10.8. The van der Waals surface area contributed by atoms with Gasteiger partial charge in [0, 0.05) is 42.1 Å². The molecular formula is C19H19N3O. The van der Waals surface area contributed by atoms with Gasteiger partial charge in [0.2, 0.25) is 0 Å². The van der Waals surface area contributed by atoms with Crippen molar-refractivity contribution in [1.82, 2.24) is 15.0 Å². The molecule has 1 N–H and O–H groups in total. The average molecular weight is 305 g/mol. The van der Waals surface area contributed by atoms with Crippen molar-refractivity contribution in [3.05, 3.63) is 90.3 Å². The molecule has 2 atom stereocenters. The van der Waals surface area contributed by atoms with Crippen LogP contribution < -0.4 is 0 Å². The van der Waals surface area contributed by atoms with Crippen molar-refractivity contribution < 1.29 is 5.11 Å². The van der Waals surface area contributed by atoms with E-state index in [1.807, 2.05) is 48.5 Å². The molecule has 0 saturated carbocycles. The van der Waals surface area contributed by atoms with E-state index in [9.17, 15) is 5.11 Å². The Morgan fingerprint density at radius 1 is 0.870 bits per heavy atom.